The predicted octanol–water partition coefficient (Wildman–Crippen LogP) is 1.16. The minimum atomic E-state index is 0.0265. The number of nitrogens with zero attached hydrogens (tertiary/aromatic N) is 3. The fourth-order valence-electron chi connectivity index (χ4n) is 2.40. The number of hydrogen-bond acceptors (Lipinski definition) is 3. The predicted molar refractivity (Wildman–Crippen MR) is 70.1 cm³/mol. The Morgan fingerprint density at radius 2 is 2.32 bits per heavy atom. The summed E-state index contributed by atoms with van der Waals surface area (Å²) in [5.41, 5.74) is 0.883. The molecular formula is C14H16N4O. The molecule has 0 spiro atoms. The van der Waals surface area contributed by atoms with Gasteiger partial charge in [-0.25, -0.2) is 4.98 Å². The highest BCUT2D eigenvalue weighted by Gasteiger charge is 2.24. The number of carbonyl (C=O) groups is 1. The van der Waals surface area contributed by atoms with Crippen LogP contribution >= 0.6 is 0 Å². The molecule has 98 valence electrons. The van der Waals surface area contributed by atoms with E-state index in [1.807, 2.05) is 24.4 Å². The lowest BCUT2D eigenvalue weighted by atomic mass is 9.97. The van der Waals surface area contributed by atoms with E-state index in [2.05, 4.69) is 19.9 Å². The van der Waals surface area contributed by atoms with Gasteiger partial charge in [0, 0.05) is 37.5 Å². The SMILES string of the molecule is O=C(NCc1ccccn1)C1CCn2ccnc2C1. The molecule has 0 fully saturated rings. The number of amides is 1. The zero-order valence-corrected chi connectivity index (χ0v) is 10.6. The average molecular weight is 256 g/mol. The van der Waals surface area contributed by atoms with Crippen LogP contribution in [0.1, 0.15) is 17.9 Å². The lowest BCUT2D eigenvalue weighted by Crippen LogP contribution is -2.35. The summed E-state index contributed by atoms with van der Waals surface area (Å²) in [5.74, 6) is 1.13. The van der Waals surface area contributed by atoms with Crippen LogP contribution in [0, 0.1) is 5.92 Å². The number of carbonyl (C=O) groups excluding carboxylic acids is 1. The van der Waals surface area contributed by atoms with E-state index in [0.29, 0.717) is 6.54 Å². The average Bonchev–Trinajstić information content (AvgIpc) is 2.93. The molecule has 3 heterocycles. The van der Waals surface area contributed by atoms with Gasteiger partial charge in [-0.3, -0.25) is 9.78 Å². The van der Waals surface area contributed by atoms with Crippen molar-refractivity contribution in [2.45, 2.75) is 25.9 Å². The van der Waals surface area contributed by atoms with Crippen LogP contribution in [-0.2, 0) is 24.3 Å². The number of hydrogen-bond donors (Lipinski definition) is 1. The van der Waals surface area contributed by atoms with Crippen molar-refractivity contribution in [1.29, 1.82) is 0 Å². The van der Waals surface area contributed by atoms with Crippen LogP contribution in [0.3, 0.4) is 0 Å². The van der Waals surface area contributed by atoms with E-state index in [9.17, 15) is 4.79 Å². The molecule has 2 aromatic rings. The zero-order valence-electron chi connectivity index (χ0n) is 10.6. The van der Waals surface area contributed by atoms with E-state index in [1.165, 1.54) is 0 Å². The second-order valence-electron chi connectivity index (χ2n) is 4.77. The van der Waals surface area contributed by atoms with Crippen molar-refractivity contribution in [3.63, 3.8) is 0 Å². The van der Waals surface area contributed by atoms with Gasteiger partial charge in [-0.05, 0) is 18.6 Å². The molecule has 0 saturated carbocycles. The van der Waals surface area contributed by atoms with Gasteiger partial charge < -0.3 is 9.88 Å². The molecule has 19 heavy (non-hydrogen) atoms. The summed E-state index contributed by atoms with van der Waals surface area (Å²) in [7, 11) is 0. The van der Waals surface area contributed by atoms with Crippen LogP contribution in [0.2, 0.25) is 0 Å². The summed E-state index contributed by atoms with van der Waals surface area (Å²) in [6.07, 6.45) is 7.10. The largest absolute Gasteiger partial charge is 0.350 e. The molecule has 3 rings (SSSR count). The van der Waals surface area contributed by atoms with Crippen molar-refractivity contribution in [2.75, 3.05) is 0 Å². The van der Waals surface area contributed by atoms with Gasteiger partial charge in [0.2, 0.25) is 5.91 Å². The van der Waals surface area contributed by atoms with Gasteiger partial charge in [-0.15, -0.1) is 0 Å². The van der Waals surface area contributed by atoms with Gasteiger partial charge in [0.15, 0.2) is 0 Å². The zero-order chi connectivity index (χ0) is 13.1. The first-order chi connectivity index (χ1) is 9.33. The highest BCUT2D eigenvalue weighted by molar-refractivity contribution is 5.78. The molecule has 0 aromatic carbocycles. The third-order valence-corrected chi connectivity index (χ3v) is 3.49. The summed E-state index contributed by atoms with van der Waals surface area (Å²) < 4.78 is 2.11. The van der Waals surface area contributed by atoms with E-state index in [1.54, 1.807) is 12.4 Å². The highest BCUT2D eigenvalue weighted by Crippen LogP contribution is 2.19. The molecule has 0 radical (unpaired) electrons. The van der Waals surface area contributed by atoms with Crippen molar-refractivity contribution in [3.05, 3.63) is 48.3 Å². The normalized spacial score (nSPS) is 17.8. The number of imidazole rings is 1. The molecule has 1 aliphatic heterocycles. The van der Waals surface area contributed by atoms with Crippen molar-refractivity contribution < 1.29 is 4.79 Å². The monoisotopic (exact) mass is 256 g/mol. The number of aromatic nitrogens is 3. The van der Waals surface area contributed by atoms with Crippen LogP contribution in [0.25, 0.3) is 0 Å². The third-order valence-electron chi connectivity index (χ3n) is 3.49. The lowest BCUT2D eigenvalue weighted by molar-refractivity contribution is -0.125. The van der Waals surface area contributed by atoms with Gasteiger partial charge in [0.1, 0.15) is 5.82 Å². The fraction of sp³-hybridized carbons (Fsp3) is 0.357. The van der Waals surface area contributed by atoms with Crippen molar-refractivity contribution >= 4 is 5.91 Å². The molecule has 1 N–H and O–H groups in total. The first-order valence-corrected chi connectivity index (χ1v) is 6.50. The smallest absolute Gasteiger partial charge is 0.223 e. The van der Waals surface area contributed by atoms with Crippen LogP contribution in [-0.4, -0.2) is 20.4 Å². The van der Waals surface area contributed by atoms with Crippen molar-refractivity contribution in [2.24, 2.45) is 5.92 Å². The number of aryl methyl sites for hydroxylation is 1. The van der Waals surface area contributed by atoms with E-state index >= 15 is 0 Å². The molecule has 5 heteroatoms. The first kappa shape index (κ1) is 11.9. The van der Waals surface area contributed by atoms with E-state index < -0.39 is 0 Å². The summed E-state index contributed by atoms with van der Waals surface area (Å²) >= 11 is 0. The van der Waals surface area contributed by atoms with Crippen LogP contribution in [0.4, 0.5) is 0 Å². The minimum Gasteiger partial charge on any atom is -0.350 e. The molecule has 1 aliphatic rings. The number of nitrogens with one attached hydrogen (secondary N) is 1. The topological polar surface area (TPSA) is 59.8 Å². The Labute approximate surface area is 111 Å². The molecule has 5 nitrogen and oxygen atoms in total. The Hall–Kier alpha value is -2.17. The molecule has 1 unspecified atom stereocenters. The van der Waals surface area contributed by atoms with Gasteiger partial charge in [0.25, 0.3) is 0 Å². The highest BCUT2D eigenvalue weighted by atomic mass is 16.1. The summed E-state index contributed by atoms with van der Waals surface area (Å²) in [6, 6.07) is 5.70. The minimum absolute atomic E-state index is 0.0265. The Bertz CT molecular complexity index is 564. The van der Waals surface area contributed by atoms with Gasteiger partial charge in [-0.2, -0.15) is 0 Å². The molecule has 0 bridgehead atoms. The van der Waals surface area contributed by atoms with Crippen molar-refractivity contribution in [1.82, 2.24) is 19.9 Å². The molecule has 0 aliphatic carbocycles. The maximum Gasteiger partial charge on any atom is 0.223 e. The Kier molecular flexibility index (Phi) is 3.27. The summed E-state index contributed by atoms with van der Waals surface area (Å²) in [4.78, 5) is 20.6. The molecular weight excluding hydrogens is 240 g/mol. The van der Waals surface area contributed by atoms with E-state index in [4.69, 9.17) is 0 Å². The van der Waals surface area contributed by atoms with Crippen LogP contribution in [0.5, 0.6) is 0 Å². The van der Waals surface area contributed by atoms with Crippen LogP contribution in [0.15, 0.2) is 36.8 Å². The van der Waals surface area contributed by atoms with E-state index in [-0.39, 0.29) is 11.8 Å². The first-order valence-electron chi connectivity index (χ1n) is 6.50. The fourth-order valence-corrected chi connectivity index (χ4v) is 2.40. The Morgan fingerprint density at radius 3 is 3.16 bits per heavy atom. The molecule has 1 atom stereocenters. The molecule has 2 aromatic heterocycles. The third kappa shape index (κ3) is 2.65. The summed E-state index contributed by atoms with van der Waals surface area (Å²) in [6.45, 7) is 1.36. The molecule has 1 amide bonds. The Morgan fingerprint density at radius 1 is 1.37 bits per heavy atom. The maximum atomic E-state index is 12.1. The quantitative estimate of drug-likeness (QED) is 0.896. The second-order valence-corrected chi connectivity index (χ2v) is 4.77. The van der Waals surface area contributed by atoms with Gasteiger partial charge >= 0.3 is 0 Å². The molecule has 0 saturated heterocycles. The lowest BCUT2D eigenvalue weighted by Gasteiger charge is -2.22. The van der Waals surface area contributed by atoms with Gasteiger partial charge in [0.05, 0.1) is 12.2 Å². The van der Waals surface area contributed by atoms with Gasteiger partial charge in [-0.1, -0.05) is 6.07 Å². The second kappa shape index (κ2) is 5.22. The number of rotatable bonds is 3. The number of fused-ring (bicyclic) bond motifs is 1. The maximum absolute atomic E-state index is 12.1. The number of pyridine rings is 1. The van der Waals surface area contributed by atoms with Crippen LogP contribution < -0.4 is 5.32 Å². The standard InChI is InChI=1S/C14H16N4O/c19-14(17-10-12-3-1-2-5-15-12)11-4-7-18-8-6-16-13(18)9-11/h1-3,5-6,8,11H,4,7,9-10H2,(H,17,19). The van der Waals surface area contributed by atoms with E-state index in [0.717, 1.165) is 30.9 Å². The van der Waals surface area contributed by atoms with Crippen molar-refractivity contribution in [3.8, 4) is 0 Å². The Balaban J connectivity index is 1.57. The summed E-state index contributed by atoms with van der Waals surface area (Å²) in [5, 5.41) is 2.95.